The summed E-state index contributed by atoms with van der Waals surface area (Å²) in [5, 5.41) is 12.2. The molecule has 0 aromatic carbocycles. The lowest BCUT2D eigenvalue weighted by atomic mass is 10.2. The zero-order chi connectivity index (χ0) is 11.9. The van der Waals surface area contributed by atoms with Crippen LogP contribution in [-0.4, -0.2) is 17.0 Å². The minimum atomic E-state index is -1.10. The fourth-order valence-corrected chi connectivity index (χ4v) is 3.28. The minimum Gasteiger partial charge on any atom is -0.478 e. The van der Waals surface area contributed by atoms with E-state index in [-0.39, 0.29) is 16.5 Å². The van der Waals surface area contributed by atoms with E-state index in [2.05, 4.69) is 5.32 Å². The molecule has 1 aromatic rings. The van der Waals surface area contributed by atoms with Crippen LogP contribution in [0.25, 0.3) is 0 Å². The Hall–Kier alpha value is -1.07. The van der Waals surface area contributed by atoms with Crippen molar-refractivity contribution in [2.45, 2.75) is 25.7 Å². The predicted octanol–water partition coefficient (Wildman–Crippen LogP) is 2.94. The molecule has 6 heteroatoms. The van der Waals surface area contributed by atoms with Crippen molar-refractivity contribution in [3.8, 4) is 0 Å². The van der Waals surface area contributed by atoms with E-state index in [4.69, 9.17) is 16.7 Å². The molecule has 0 saturated heterocycles. The average molecular weight is 260 g/mol. The fraction of sp³-hybridized carbons (Fsp3) is 0.400. The lowest BCUT2D eigenvalue weighted by Gasteiger charge is -1.99. The van der Waals surface area contributed by atoms with Crippen molar-refractivity contribution in [2.24, 2.45) is 0 Å². The molecule has 0 aliphatic heterocycles. The van der Waals surface area contributed by atoms with Gasteiger partial charge in [-0.2, -0.15) is 0 Å². The lowest BCUT2D eigenvalue weighted by molar-refractivity contribution is -0.114. The smallest absolute Gasteiger partial charge is 0.340 e. The Labute approximate surface area is 101 Å². The van der Waals surface area contributed by atoms with Crippen molar-refractivity contribution in [3.05, 3.63) is 15.5 Å². The van der Waals surface area contributed by atoms with Crippen LogP contribution in [0, 0.1) is 0 Å². The average Bonchev–Trinajstić information content (AvgIpc) is 2.91. The Morgan fingerprint density at radius 1 is 1.50 bits per heavy atom. The molecule has 1 aliphatic carbocycles. The highest BCUT2D eigenvalue weighted by atomic mass is 35.5. The summed E-state index contributed by atoms with van der Waals surface area (Å²) in [5.41, 5.74) is 0.0174. The highest BCUT2D eigenvalue weighted by molar-refractivity contribution is 7.17. The molecule has 1 fully saturated rings. The van der Waals surface area contributed by atoms with Crippen molar-refractivity contribution in [1.82, 2.24) is 0 Å². The molecule has 0 spiro atoms. The second-order valence-corrected chi connectivity index (χ2v) is 5.18. The first kappa shape index (κ1) is 11.4. The molecule has 0 unspecified atom stereocenters. The number of rotatable bonds is 3. The van der Waals surface area contributed by atoms with Gasteiger partial charge >= 0.3 is 5.97 Å². The molecule has 1 aliphatic rings. The first-order valence-electron chi connectivity index (χ1n) is 4.83. The summed E-state index contributed by atoms with van der Waals surface area (Å²) in [7, 11) is 0. The maximum absolute atomic E-state index is 11.1. The highest BCUT2D eigenvalue weighted by Crippen LogP contribution is 2.50. The number of carbonyl (C=O) groups excluding carboxylic acids is 1. The summed E-state index contributed by atoms with van der Waals surface area (Å²) < 4.78 is 0. The number of halogens is 1. The van der Waals surface area contributed by atoms with E-state index in [0.717, 1.165) is 17.7 Å². The molecule has 1 amide bonds. The van der Waals surface area contributed by atoms with E-state index < -0.39 is 5.97 Å². The summed E-state index contributed by atoms with van der Waals surface area (Å²) in [6, 6.07) is 0. The standard InChI is InChI=1S/C10H10ClNO3S/c1-4(13)12-9-6(10(14)15)7(11)8(16-9)5-2-3-5/h5H,2-3H2,1H3,(H,12,13)(H,14,15). The van der Waals surface area contributed by atoms with Crippen LogP contribution in [0.5, 0.6) is 0 Å². The number of carbonyl (C=O) groups is 2. The molecule has 4 nitrogen and oxygen atoms in total. The Bertz CT molecular complexity index is 465. The molecule has 1 saturated carbocycles. The zero-order valence-electron chi connectivity index (χ0n) is 8.54. The van der Waals surface area contributed by atoms with Crippen LogP contribution < -0.4 is 5.32 Å². The SMILES string of the molecule is CC(=O)Nc1sc(C2CC2)c(Cl)c1C(=O)O. The quantitative estimate of drug-likeness (QED) is 0.877. The third kappa shape index (κ3) is 2.05. The number of nitrogens with one attached hydrogen (secondary N) is 1. The summed E-state index contributed by atoms with van der Waals surface area (Å²) in [4.78, 5) is 22.9. The second-order valence-electron chi connectivity index (χ2n) is 3.75. The Balaban J connectivity index is 2.44. The number of amides is 1. The predicted molar refractivity (Wildman–Crippen MR) is 62.6 cm³/mol. The molecule has 0 atom stereocenters. The van der Waals surface area contributed by atoms with Gasteiger partial charge in [0.25, 0.3) is 0 Å². The molecule has 16 heavy (non-hydrogen) atoms. The van der Waals surface area contributed by atoms with Crippen LogP contribution >= 0.6 is 22.9 Å². The van der Waals surface area contributed by atoms with E-state index in [9.17, 15) is 9.59 Å². The van der Waals surface area contributed by atoms with Gasteiger partial charge in [-0.25, -0.2) is 4.79 Å². The van der Waals surface area contributed by atoms with Gasteiger partial charge in [0.2, 0.25) is 5.91 Å². The van der Waals surface area contributed by atoms with Gasteiger partial charge in [-0.15, -0.1) is 11.3 Å². The van der Waals surface area contributed by atoms with Crippen LogP contribution in [0.15, 0.2) is 0 Å². The Kier molecular flexibility index (Phi) is 2.90. The first-order valence-corrected chi connectivity index (χ1v) is 6.03. The molecule has 2 rings (SSSR count). The van der Waals surface area contributed by atoms with Crippen molar-refractivity contribution >= 4 is 39.8 Å². The van der Waals surface area contributed by atoms with E-state index in [1.54, 1.807) is 0 Å². The zero-order valence-corrected chi connectivity index (χ0v) is 10.1. The maximum Gasteiger partial charge on any atom is 0.340 e. The first-order chi connectivity index (χ1) is 7.50. The van der Waals surface area contributed by atoms with Gasteiger partial charge in [-0.1, -0.05) is 11.6 Å². The third-order valence-corrected chi connectivity index (χ3v) is 4.10. The summed E-state index contributed by atoms with van der Waals surface area (Å²) >= 11 is 7.29. The van der Waals surface area contributed by atoms with Crippen LogP contribution in [0.3, 0.4) is 0 Å². The molecule has 1 aromatic heterocycles. The third-order valence-electron chi connectivity index (χ3n) is 2.33. The van der Waals surface area contributed by atoms with Crippen LogP contribution in [-0.2, 0) is 4.79 Å². The van der Waals surface area contributed by atoms with Gasteiger partial charge < -0.3 is 10.4 Å². The monoisotopic (exact) mass is 259 g/mol. The van der Waals surface area contributed by atoms with E-state index in [1.165, 1.54) is 18.3 Å². The number of aromatic carboxylic acids is 1. The van der Waals surface area contributed by atoms with Crippen LogP contribution in [0.1, 0.15) is 40.9 Å². The maximum atomic E-state index is 11.1. The lowest BCUT2D eigenvalue weighted by Crippen LogP contribution is -2.08. The normalized spacial score (nSPS) is 14.9. The molecular weight excluding hydrogens is 250 g/mol. The molecule has 86 valence electrons. The van der Waals surface area contributed by atoms with Crippen LogP contribution in [0.2, 0.25) is 5.02 Å². The van der Waals surface area contributed by atoms with E-state index in [0.29, 0.717) is 10.9 Å². The number of carboxylic acids is 1. The van der Waals surface area contributed by atoms with Gasteiger partial charge in [0.05, 0.1) is 5.02 Å². The van der Waals surface area contributed by atoms with Gasteiger partial charge in [-0.05, 0) is 18.8 Å². The number of hydrogen-bond donors (Lipinski definition) is 2. The topological polar surface area (TPSA) is 66.4 Å². The number of carboxylic acid groups (broad SMARTS) is 1. The largest absolute Gasteiger partial charge is 0.478 e. The molecule has 0 bridgehead atoms. The van der Waals surface area contributed by atoms with Crippen molar-refractivity contribution in [2.75, 3.05) is 5.32 Å². The summed E-state index contributed by atoms with van der Waals surface area (Å²) in [6.07, 6.45) is 2.08. The van der Waals surface area contributed by atoms with Gasteiger partial charge in [0, 0.05) is 11.8 Å². The van der Waals surface area contributed by atoms with Crippen LogP contribution in [0.4, 0.5) is 5.00 Å². The molecule has 2 N–H and O–H groups in total. The Morgan fingerprint density at radius 2 is 2.12 bits per heavy atom. The number of thiophene rings is 1. The molecule has 0 radical (unpaired) electrons. The highest BCUT2D eigenvalue weighted by Gasteiger charge is 2.32. The van der Waals surface area contributed by atoms with Crippen molar-refractivity contribution in [1.29, 1.82) is 0 Å². The fourth-order valence-electron chi connectivity index (χ4n) is 1.48. The minimum absolute atomic E-state index is 0.0174. The Morgan fingerprint density at radius 3 is 2.56 bits per heavy atom. The second kappa shape index (κ2) is 4.07. The number of anilines is 1. The summed E-state index contributed by atoms with van der Waals surface area (Å²) in [6.45, 7) is 1.34. The molecule has 1 heterocycles. The summed E-state index contributed by atoms with van der Waals surface area (Å²) in [5.74, 6) is -1.02. The van der Waals surface area contributed by atoms with E-state index >= 15 is 0 Å². The van der Waals surface area contributed by atoms with E-state index in [1.807, 2.05) is 0 Å². The van der Waals surface area contributed by atoms with Crippen molar-refractivity contribution < 1.29 is 14.7 Å². The molecular formula is C10H10ClNO3S. The number of hydrogen-bond acceptors (Lipinski definition) is 3. The van der Waals surface area contributed by atoms with Gasteiger partial charge in [0.15, 0.2) is 0 Å². The van der Waals surface area contributed by atoms with Gasteiger partial charge in [0.1, 0.15) is 10.6 Å². The van der Waals surface area contributed by atoms with Crippen molar-refractivity contribution in [3.63, 3.8) is 0 Å². The van der Waals surface area contributed by atoms with Gasteiger partial charge in [-0.3, -0.25) is 4.79 Å².